The molecule has 1 aromatic rings. The molecule has 0 aliphatic heterocycles. The van der Waals surface area contributed by atoms with Gasteiger partial charge in [-0.2, -0.15) is 0 Å². The molecule has 1 aromatic carbocycles. The number of nitrogens with one attached hydrogen (secondary N) is 1. The smallest absolute Gasteiger partial charge is 0.0123 e. The quantitative estimate of drug-likeness (QED) is 0.734. The van der Waals surface area contributed by atoms with Gasteiger partial charge in [-0.05, 0) is 38.2 Å². The zero-order valence-corrected chi connectivity index (χ0v) is 8.72. The molecule has 0 amide bonds. The van der Waals surface area contributed by atoms with Gasteiger partial charge in [-0.1, -0.05) is 29.8 Å². The number of rotatable bonds is 2. The predicted molar refractivity (Wildman–Crippen MR) is 60.0 cm³/mol. The number of hydrogen-bond acceptors (Lipinski definition) is 1. The molecule has 1 unspecified atom stereocenters. The zero-order valence-electron chi connectivity index (χ0n) is 8.72. The molecular weight excluding hydrogens is 170 g/mol. The van der Waals surface area contributed by atoms with Crippen LogP contribution in [0.3, 0.4) is 0 Å². The maximum Gasteiger partial charge on any atom is 0.0123 e. The van der Waals surface area contributed by atoms with Crippen LogP contribution in [0.25, 0.3) is 0 Å². The largest absolute Gasteiger partial charge is 0.309 e. The van der Waals surface area contributed by atoms with E-state index in [1.54, 1.807) is 0 Å². The van der Waals surface area contributed by atoms with E-state index in [1.807, 2.05) is 0 Å². The minimum absolute atomic E-state index is 0.526. The lowest BCUT2D eigenvalue weighted by molar-refractivity contribution is 0.660. The Balaban J connectivity index is 2.03. The highest BCUT2D eigenvalue weighted by molar-refractivity contribution is 5.85. The summed E-state index contributed by atoms with van der Waals surface area (Å²) in [7, 11) is 0. The van der Waals surface area contributed by atoms with Crippen LogP contribution in [-0.2, 0) is 6.42 Å². The molecule has 14 heavy (non-hydrogen) atoms. The average molecular weight is 187 g/mol. The number of hydrogen-bond donors (Lipinski definition) is 1. The van der Waals surface area contributed by atoms with Crippen LogP contribution in [0.1, 0.15) is 30.4 Å². The fourth-order valence-electron chi connectivity index (χ4n) is 2.15. The summed E-state index contributed by atoms with van der Waals surface area (Å²) in [5.74, 6) is 0.526. The highest BCUT2D eigenvalue weighted by Crippen LogP contribution is 2.25. The normalized spacial score (nSPS) is 21.5. The standard InChI is InChI=1S/C13H17N/c1-10-5-7-11(8-6-10)9-12-3-2-4-13(12)14/h5-8,12,14H,2-4,9H2,1H3. The molecule has 0 saturated heterocycles. The lowest BCUT2D eigenvalue weighted by Gasteiger charge is -2.09. The fourth-order valence-corrected chi connectivity index (χ4v) is 2.15. The van der Waals surface area contributed by atoms with Crippen molar-refractivity contribution < 1.29 is 0 Å². The SMILES string of the molecule is Cc1ccc(CC2CCCC2=N)cc1. The van der Waals surface area contributed by atoms with E-state index in [2.05, 4.69) is 31.2 Å². The molecule has 1 saturated carbocycles. The third kappa shape index (κ3) is 2.03. The molecule has 1 aliphatic rings. The van der Waals surface area contributed by atoms with Crippen molar-refractivity contribution in [1.29, 1.82) is 5.41 Å². The van der Waals surface area contributed by atoms with Gasteiger partial charge in [0.05, 0.1) is 0 Å². The van der Waals surface area contributed by atoms with Gasteiger partial charge < -0.3 is 5.41 Å². The maximum atomic E-state index is 7.80. The van der Waals surface area contributed by atoms with Crippen LogP contribution < -0.4 is 0 Å². The van der Waals surface area contributed by atoms with Crippen molar-refractivity contribution in [1.82, 2.24) is 0 Å². The Bertz CT molecular complexity index is 324. The van der Waals surface area contributed by atoms with E-state index in [-0.39, 0.29) is 0 Å². The first-order valence-corrected chi connectivity index (χ1v) is 5.38. The van der Waals surface area contributed by atoms with E-state index in [0.29, 0.717) is 5.92 Å². The van der Waals surface area contributed by atoms with E-state index in [0.717, 1.165) is 18.6 Å². The second-order valence-electron chi connectivity index (χ2n) is 4.30. The zero-order chi connectivity index (χ0) is 9.97. The van der Waals surface area contributed by atoms with Gasteiger partial charge in [-0.25, -0.2) is 0 Å². The van der Waals surface area contributed by atoms with Gasteiger partial charge in [0.2, 0.25) is 0 Å². The molecule has 74 valence electrons. The second-order valence-corrected chi connectivity index (χ2v) is 4.30. The van der Waals surface area contributed by atoms with Gasteiger partial charge in [0.25, 0.3) is 0 Å². The third-order valence-electron chi connectivity index (χ3n) is 3.09. The van der Waals surface area contributed by atoms with Crippen molar-refractivity contribution in [2.45, 2.75) is 32.6 Å². The highest BCUT2D eigenvalue weighted by atomic mass is 14.5. The van der Waals surface area contributed by atoms with Crippen LogP contribution in [-0.4, -0.2) is 5.71 Å². The lowest BCUT2D eigenvalue weighted by Crippen LogP contribution is -2.08. The molecule has 0 heterocycles. The summed E-state index contributed by atoms with van der Waals surface area (Å²) in [5, 5.41) is 7.80. The Hall–Kier alpha value is -1.11. The molecule has 1 fully saturated rings. The molecule has 2 rings (SSSR count). The summed E-state index contributed by atoms with van der Waals surface area (Å²) < 4.78 is 0. The fraction of sp³-hybridized carbons (Fsp3) is 0.462. The molecule has 0 bridgehead atoms. The van der Waals surface area contributed by atoms with Crippen molar-refractivity contribution in [2.75, 3.05) is 0 Å². The highest BCUT2D eigenvalue weighted by Gasteiger charge is 2.20. The molecule has 0 aromatic heterocycles. The van der Waals surface area contributed by atoms with E-state index < -0.39 is 0 Å². The molecular formula is C13H17N. The number of benzene rings is 1. The first-order chi connectivity index (χ1) is 6.75. The van der Waals surface area contributed by atoms with E-state index >= 15 is 0 Å². The summed E-state index contributed by atoms with van der Waals surface area (Å²) in [6.07, 6.45) is 4.53. The van der Waals surface area contributed by atoms with Crippen molar-refractivity contribution in [3.8, 4) is 0 Å². The molecule has 1 nitrogen and oxygen atoms in total. The van der Waals surface area contributed by atoms with Gasteiger partial charge in [0.15, 0.2) is 0 Å². The Labute approximate surface area is 85.7 Å². The summed E-state index contributed by atoms with van der Waals surface area (Å²) in [5.41, 5.74) is 3.66. The van der Waals surface area contributed by atoms with Gasteiger partial charge >= 0.3 is 0 Å². The van der Waals surface area contributed by atoms with Crippen LogP contribution in [0.4, 0.5) is 0 Å². The predicted octanol–water partition coefficient (Wildman–Crippen LogP) is 3.36. The summed E-state index contributed by atoms with van der Waals surface area (Å²) in [4.78, 5) is 0. The van der Waals surface area contributed by atoms with Gasteiger partial charge in [0, 0.05) is 11.6 Å². The monoisotopic (exact) mass is 187 g/mol. The minimum atomic E-state index is 0.526. The van der Waals surface area contributed by atoms with Crippen LogP contribution in [0.2, 0.25) is 0 Å². The van der Waals surface area contributed by atoms with E-state index in [4.69, 9.17) is 5.41 Å². The van der Waals surface area contributed by atoms with Gasteiger partial charge in [-0.3, -0.25) is 0 Å². The summed E-state index contributed by atoms with van der Waals surface area (Å²) in [6.45, 7) is 2.11. The van der Waals surface area contributed by atoms with Crippen LogP contribution in [0, 0.1) is 18.3 Å². The molecule has 1 heteroatoms. The topological polar surface area (TPSA) is 23.9 Å². The average Bonchev–Trinajstić information content (AvgIpc) is 2.56. The van der Waals surface area contributed by atoms with Gasteiger partial charge in [-0.15, -0.1) is 0 Å². The van der Waals surface area contributed by atoms with Crippen LogP contribution in [0.5, 0.6) is 0 Å². The molecule has 1 atom stereocenters. The van der Waals surface area contributed by atoms with Crippen molar-refractivity contribution in [2.24, 2.45) is 5.92 Å². The Morgan fingerprint density at radius 1 is 1.29 bits per heavy atom. The van der Waals surface area contributed by atoms with Crippen LogP contribution in [0.15, 0.2) is 24.3 Å². The Morgan fingerprint density at radius 2 is 2.00 bits per heavy atom. The van der Waals surface area contributed by atoms with Crippen molar-refractivity contribution >= 4 is 5.71 Å². The second kappa shape index (κ2) is 3.95. The van der Waals surface area contributed by atoms with Crippen LogP contribution >= 0.6 is 0 Å². The Morgan fingerprint density at radius 3 is 2.57 bits per heavy atom. The summed E-state index contributed by atoms with van der Waals surface area (Å²) in [6, 6.07) is 8.71. The van der Waals surface area contributed by atoms with Gasteiger partial charge in [0.1, 0.15) is 0 Å². The van der Waals surface area contributed by atoms with Crippen molar-refractivity contribution in [3.05, 3.63) is 35.4 Å². The summed E-state index contributed by atoms with van der Waals surface area (Å²) >= 11 is 0. The maximum absolute atomic E-state index is 7.80. The molecule has 1 N–H and O–H groups in total. The molecule has 1 aliphatic carbocycles. The first-order valence-electron chi connectivity index (χ1n) is 5.38. The lowest BCUT2D eigenvalue weighted by atomic mass is 9.96. The third-order valence-corrected chi connectivity index (χ3v) is 3.09. The molecule has 0 radical (unpaired) electrons. The first kappa shape index (κ1) is 9.45. The van der Waals surface area contributed by atoms with E-state index in [1.165, 1.54) is 24.0 Å². The minimum Gasteiger partial charge on any atom is -0.309 e. The molecule has 0 spiro atoms. The Kier molecular flexibility index (Phi) is 2.67. The van der Waals surface area contributed by atoms with Crippen molar-refractivity contribution in [3.63, 3.8) is 0 Å². The number of aryl methyl sites for hydroxylation is 1. The van der Waals surface area contributed by atoms with E-state index in [9.17, 15) is 0 Å².